The number of rotatable bonds is 4. The van der Waals surface area contributed by atoms with E-state index < -0.39 is 0 Å². The van der Waals surface area contributed by atoms with Crippen LogP contribution in [0.1, 0.15) is 32.3 Å². The van der Waals surface area contributed by atoms with Gasteiger partial charge < -0.3 is 9.73 Å². The molecule has 0 aliphatic carbocycles. The van der Waals surface area contributed by atoms with Gasteiger partial charge in [-0.25, -0.2) is 0 Å². The summed E-state index contributed by atoms with van der Waals surface area (Å²) in [6, 6.07) is 14.3. The standard InChI is InChI=1S/C16H21NO/c1-16(2,3)11-14-9-10-15(18-14)12-17-13-7-5-4-6-8-13/h4-10,17H,11-12H2,1-3H3. The van der Waals surface area contributed by atoms with E-state index in [4.69, 9.17) is 4.42 Å². The molecule has 1 aromatic carbocycles. The second kappa shape index (κ2) is 5.30. The Kier molecular flexibility index (Phi) is 3.75. The average molecular weight is 243 g/mol. The van der Waals surface area contributed by atoms with Crippen molar-refractivity contribution in [3.05, 3.63) is 54.0 Å². The van der Waals surface area contributed by atoms with Crippen molar-refractivity contribution >= 4 is 5.69 Å². The first-order chi connectivity index (χ1) is 8.53. The van der Waals surface area contributed by atoms with Crippen LogP contribution in [0.3, 0.4) is 0 Å². The number of nitrogens with one attached hydrogen (secondary N) is 1. The molecule has 2 nitrogen and oxygen atoms in total. The van der Waals surface area contributed by atoms with Gasteiger partial charge in [0, 0.05) is 12.1 Å². The van der Waals surface area contributed by atoms with Crippen LogP contribution in [0, 0.1) is 5.41 Å². The smallest absolute Gasteiger partial charge is 0.123 e. The molecular weight excluding hydrogens is 222 g/mol. The zero-order valence-corrected chi connectivity index (χ0v) is 11.4. The molecule has 1 aromatic heterocycles. The van der Waals surface area contributed by atoms with E-state index in [0.717, 1.165) is 30.2 Å². The van der Waals surface area contributed by atoms with Crippen LogP contribution in [0.5, 0.6) is 0 Å². The summed E-state index contributed by atoms with van der Waals surface area (Å²) >= 11 is 0. The number of benzene rings is 1. The Hall–Kier alpha value is -1.70. The molecule has 2 rings (SSSR count). The van der Waals surface area contributed by atoms with E-state index in [1.807, 2.05) is 18.2 Å². The molecule has 0 bridgehead atoms. The quantitative estimate of drug-likeness (QED) is 0.856. The summed E-state index contributed by atoms with van der Waals surface area (Å²) in [5, 5.41) is 3.34. The second-order valence-electron chi connectivity index (χ2n) is 5.83. The molecule has 0 unspecified atom stereocenters. The van der Waals surface area contributed by atoms with Crippen molar-refractivity contribution in [3.63, 3.8) is 0 Å². The first kappa shape index (κ1) is 12.7. The second-order valence-corrected chi connectivity index (χ2v) is 5.83. The zero-order valence-electron chi connectivity index (χ0n) is 11.4. The predicted molar refractivity (Wildman–Crippen MR) is 75.6 cm³/mol. The third-order valence-electron chi connectivity index (χ3n) is 2.66. The molecule has 0 atom stereocenters. The van der Waals surface area contributed by atoms with Gasteiger partial charge in [0.15, 0.2) is 0 Å². The lowest BCUT2D eigenvalue weighted by atomic mass is 9.91. The Labute approximate surface area is 109 Å². The van der Waals surface area contributed by atoms with Crippen molar-refractivity contribution in [1.82, 2.24) is 0 Å². The summed E-state index contributed by atoms with van der Waals surface area (Å²) < 4.78 is 5.82. The van der Waals surface area contributed by atoms with Crippen LogP contribution in [0.15, 0.2) is 46.9 Å². The lowest BCUT2D eigenvalue weighted by molar-refractivity contribution is 0.355. The third kappa shape index (κ3) is 3.95. The Bertz CT molecular complexity index is 479. The average Bonchev–Trinajstić information content (AvgIpc) is 2.73. The van der Waals surface area contributed by atoms with E-state index in [1.54, 1.807) is 0 Å². The van der Waals surface area contributed by atoms with Crippen molar-refractivity contribution in [2.24, 2.45) is 5.41 Å². The summed E-state index contributed by atoms with van der Waals surface area (Å²) in [7, 11) is 0. The van der Waals surface area contributed by atoms with Crippen LogP contribution in [0.2, 0.25) is 0 Å². The van der Waals surface area contributed by atoms with Crippen molar-refractivity contribution < 1.29 is 4.42 Å². The van der Waals surface area contributed by atoms with E-state index in [9.17, 15) is 0 Å². The van der Waals surface area contributed by atoms with Crippen LogP contribution in [-0.2, 0) is 13.0 Å². The van der Waals surface area contributed by atoms with Gasteiger partial charge in [0.1, 0.15) is 11.5 Å². The number of anilines is 1. The van der Waals surface area contributed by atoms with E-state index in [-0.39, 0.29) is 5.41 Å². The van der Waals surface area contributed by atoms with E-state index >= 15 is 0 Å². The highest BCUT2D eigenvalue weighted by atomic mass is 16.3. The molecule has 0 spiro atoms. The minimum atomic E-state index is 0.266. The monoisotopic (exact) mass is 243 g/mol. The highest BCUT2D eigenvalue weighted by molar-refractivity contribution is 5.42. The molecule has 96 valence electrons. The Morgan fingerprint density at radius 1 is 0.944 bits per heavy atom. The fraction of sp³-hybridized carbons (Fsp3) is 0.375. The molecule has 2 aromatic rings. The molecule has 1 heterocycles. The normalized spacial score (nSPS) is 11.5. The van der Waals surface area contributed by atoms with Gasteiger partial charge in [0.2, 0.25) is 0 Å². The zero-order chi connectivity index (χ0) is 13.0. The van der Waals surface area contributed by atoms with E-state index in [0.29, 0.717) is 0 Å². The summed E-state index contributed by atoms with van der Waals surface area (Å²) in [5.41, 5.74) is 1.38. The molecule has 18 heavy (non-hydrogen) atoms. The van der Waals surface area contributed by atoms with E-state index in [2.05, 4.69) is 50.4 Å². The highest BCUT2D eigenvalue weighted by Crippen LogP contribution is 2.22. The number of furan rings is 1. The van der Waals surface area contributed by atoms with Crippen LogP contribution < -0.4 is 5.32 Å². The van der Waals surface area contributed by atoms with Crippen molar-refractivity contribution in [1.29, 1.82) is 0 Å². The minimum absolute atomic E-state index is 0.266. The minimum Gasteiger partial charge on any atom is -0.464 e. The topological polar surface area (TPSA) is 25.2 Å². The Morgan fingerprint density at radius 2 is 1.61 bits per heavy atom. The van der Waals surface area contributed by atoms with Gasteiger partial charge in [0.25, 0.3) is 0 Å². The fourth-order valence-electron chi connectivity index (χ4n) is 1.88. The van der Waals surface area contributed by atoms with Crippen LogP contribution in [0.25, 0.3) is 0 Å². The number of hydrogen-bond donors (Lipinski definition) is 1. The van der Waals surface area contributed by atoms with E-state index in [1.165, 1.54) is 0 Å². The maximum absolute atomic E-state index is 5.82. The predicted octanol–water partition coefficient (Wildman–Crippen LogP) is 4.48. The van der Waals surface area contributed by atoms with Crippen molar-refractivity contribution in [2.45, 2.75) is 33.7 Å². The SMILES string of the molecule is CC(C)(C)Cc1ccc(CNc2ccccc2)o1. The van der Waals surface area contributed by atoms with Gasteiger partial charge in [-0.05, 0) is 29.7 Å². The summed E-state index contributed by atoms with van der Waals surface area (Å²) in [5.74, 6) is 2.05. The van der Waals surface area contributed by atoms with Crippen LogP contribution in [0.4, 0.5) is 5.69 Å². The first-order valence-corrected chi connectivity index (χ1v) is 6.39. The van der Waals surface area contributed by atoms with Gasteiger partial charge in [0.05, 0.1) is 6.54 Å². The lowest BCUT2D eigenvalue weighted by Crippen LogP contribution is -2.08. The van der Waals surface area contributed by atoms with Gasteiger partial charge in [-0.15, -0.1) is 0 Å². The Balaban J connectivity index is 1.91. The molecule has 0 amide bonds. The summed E-state index contributed by atoms with van der Waals surface area (Å²) in [6.07, 6.45) is 0.971. The van der Waals surface area contributed by atoms with Gasteiger partial charge in [-0.3, -0.25) is 0 Å². The first-order valence-electron chi connectivity index (χ1n) is 6.39. The number of para-hydroxylation sites is 1. The summed E-state index contributed by atoms with van der Waals surface area (Å²) in [6.45, 7) is 7.39. The van der Waals surface area contributed by atoms with Gasteiger partial charge >= 0.3 is 0 Å². The Morgan fingerprint density at radius 3 is 2.28 bits per heavy atom. The van der Waals surface area contributed by atoms with Crippen LogP contribution >= 0.6 is 0 Å². The molecule has 0 radical (unpaired) electrons. The molecule has 0 saturated heterocycles. The van der Waals surface area contributed by atoms with Gasteiger partial charge in [-0.1, -0.05) is 39.0 Å². The molecule has 0 aliphatic rings. The number of hydrogen-bond acceptors (Lipinski definition) is 2. The molecule has 0 aliphatic heterocycles. The molecule has 0 saturated carbocycles. The van der Waals surface area contributed by atoms with Gasteiger partial charge in [-0.2, -0.15) is 0 Å². The lowest BCUT2D eigenvalue weighted by Gasteiger charge is -2.15. The highest BCUT2D eigenvalue weighted by Gasteiger charge is 2.13. The maximum atomic E-state index is 5.82. The van der Waals surface area contributed by atoms with Crippen molar-refractivity contribution in [2.75, 3.05) is 5.32 Å². The fourth-order valence-corrected chi connectivity index (χ4v) is 1.88. The van der Waals surface area contributed by atoms with Crippen molar-refractivity contribution in [3.8, 4) is 0 Å². The van der Waals surface area contributed by atoms with Crippen LogP contribution in [-0.4, -0.2) is 0 Å². The molecule has 2 heteroatoms. The largest absolute Gasteiger partial charge is 0.464 e. The third-order valence-corrected chi connectivity index (χ3v) is 2.66. The molecular formula is C16H21NO. The maximum Gasteiger partial charge on any atom is 0.123 e. The summed E-state index contributed by atoms with van der Waals surface area (Å²) in [4.78, 5) is 0. The molecule has 0 fully saturated rings. The molecule has 1 N–H and O–H groups in total.